The molecule has 3 N–H and O–H groups in total. The highest BCUT2D eigenvalue weighted by molar-refractivity contribution is 5.82. The Morgan fingerprint density at radius 2 is 1.43 bits per heavy atom. The maximum Gasteiger partial charge on any atom is 0.324 e. The Morgan fingerprint density at radius 1 is 0.870 bits per heavy atom. The van der Waals surface area contributed by atoms with Gasteiger partial charge in [0.1, 0.15) is 13.1 Å². The van der Waals surface area contributed by atoms with Gasteiger partial charge in [-0.3, -0.25) is 14.4 Å². The van der Waals surface area contributed by atoms with Crippen molar-refractivity contribution in [2.45, 2.75) is 71.1 Å². The van der Waals surface area contributed by atoms with Crippen molar-refractivity contribution in [2.75, 3.05) is 13.1 Å². The average Bonchev–Trinajstić information content (AvgIpc) is 2.51. The second kappa shape index (κ2) is 15.3. The summed E-state index contributed by atoms with van der Waals surface area (Å²) in [6.45, 7) is 1.50. The Morgan fingerprint density at radius 3 is 2.00 bits per heavy atom. The highest BCUT2D eigenvalue weighted by Gasteiger charge is 2.06. The van der Waals surface area contributed by atoms with Crippen LogP contribution < -0.4 is 10.8 Å². The number of unbranched alkanes of at least 4 members (excludes halogenated alkanes) is 8. The van der Waals surface area contributed by atoms with Crippen LogP contribution >= 0.6 is 0 Å². The molecule has 134 valence electrons. The van der Waals surface area contributed by atoms with E-state index in [4.69, 9.17) is 9.94 Å². The molecule has 0 aliphatic rings. The van der Waals surface area contributed by atoms with Gasteiger partial charge in [-0.1, -0.05) is 58.3 Å². The van der Waals surface area contributed by atoms with Crippen molar-refractivity contribution in [3.8, 4) is 0 Å². The molecule has 1 amide bonds. The maximum atomic E-state index is 11.4. The molecule has 0 aromatic heterocycles. The normalized spacial score (nSPS) is 10.3. The van der Waals surface area contributed by atoms with Crippen molar-refractivity contribution in [1.82, 2.24) is 10.8 Å². The van der Waals surface area contributed by atoms with Crippen LogP contribution in [0.15, 0.2) is 0 Å². The third-order valence-corrected chi connectivity index (χ3v) is 3.34. The van der Waals surface area contributed by atoms with Crippen molar-refractivity contribution >= 4 is 17.8 Å². The number of rotatable bonds is 15. The molecular formula is C16H30N2O5. The van der Waals surface area contributed by atoms with Gasteiger partial charge in [0.15, 0.2) is 0 Å². The summed E-state index contributed by atoms with van der Waals surface area (Å²) in [6.07, 6.45) is 10.9. The van der Waals surface area contributed by atoms with Crippen LogP contribution in [0.2, 0.25) is 0 Å². The summed E-state index contributed by atoms with van der Waals surface area (Å²) in [5.41, 5.74) is 2.23. The van der Waals surface area contributed by atoms with Crippen molar-refractivity contribution < 1.29 is 24.3 Å². The number of hydroxylamine groups is 1. The minimum atomic E-state index is -1.12. The highest BCUT2D eigenvalue weighted by Crippen LogP contribution is 2.10. The van der Waals surface area contributed by atoms with Crippen molar-refractivity contribution in [2.24, 2.45) is 0 Å². The molecule has 0 aliphatic heterocycles. The molecule has 0 fully saturated rings. The Balaban J connectivity index is 3.34. The molecule has 0 rings (SSSR count). The lowest BCUT2D eigenvalue weighted by atomic mass is 10.1. The van der Waals surface area contributed by atoms with Crippen LogP contribution in [0, 0.1) is 0 Å². The van der Waals surface area contributed by atoms with Crippen LogP contribution in [0.5, 0.6) is 0 Å². The summed E-state index contributed by atoms with van der Waals surface area (Å²) in [5, 5.41) is 10.5. The number of hydrogen-bond acceptors (Lipinski definition) is 5. The topological polar surface area (TPSA) is 105 Å². The maximum absolute atomic E-state index is 11.4. The van der Waals surface area contributed by atoms with E-state index in [2.05, 4.69) is 17.7 Å². The summed E-state index contributed by atoms with van der Waals surface area (Å²) in [7, 11) is 0. The molecule has 0 radical (unpaired) electrons. The Kier molecular flexibility index (Phi) is 14.2. The largest absolute Gasteiger partial charge is 0.480 e. The number of aliphatic carboxylic acids is 1. The number of nitrogens with one attached hydrogen (secondary N) is 2. The van der Waals surface area contributed by atoms with Crippen LogP contribution in [0.1, 0.15) is 71.1 Å². The predicted octanol–water partition coefficient (Wildman–Crippen LogP) is 2.16. The van der Waals surface area contributed by atoms with Gasteiger partial charge in [0.05, 0.1) is 0 Å². The number of carbonyl (C=O) groups excluding carboxylic acids is 2. The van der Waals surface area contributed by atoms with Gasteiger partial charge in [0, 0.05) is 6.42 Å². The number of carbonyl (C=O) groups is 3. The van der Waals surface area contributed by atoms with Crippen LogP contribution in [0.25, 0.3) is 0 Å². The molecular weight excluding hydrogens is 300 g/mol. The summed E-state index contributed by atoms with van der Waals surface area (Å²) in [4.78, 5) is 37.4. The highest BCUT2D eigenvalue weighted by atomic mass is 16.7. The summed E-state index contributed by atoms with van der Waals surface area (Å²) >= 11 is 0. The van der Waals surface area contributed by atoms with E-state index >= 15 is 0 Å². The van der Waals surface area contributed by atoms with Crippen molar-refractivity contribution in [3.63, 3.8) is 0 Å². The van der Waals surface area contributed by atoms with E-state index < -0.39 is 24.4 Å². The fourth-order valence-corrected chi connectivity index (χ4v) is 2.05. The molecule has 0 aromatic carbocycles. The van der Waals surface area contributed by atoms with Crippen LogP contribution in [0.4, 0.5) is 0 Å². The van der Waals surface area contributed by atoms with Gasteiger partial charge in [0.2, 0.25) is 5.91 Å². The van der Waals surface area contributed by atoms with Gasteiger partial charge in [-0.25, -0.2) is 0 Å². The van der Waals surface area contributed by atoms with E-state index in [-0.39, 0.29) is 6.54 Å². The van der Waals surface area contributed by atoms with Crippen LogP contribution in [0.3, 0.4) is 0 Å². The number of amides is 1. The number of carboxylic acids is 1. The van der Waals surface area contributed by atoms with Gasteiger partial charge in [-0.15, -0.1) is 5.48 Å². The minimum absolute atomic E-state index is 0.253. The van der Waals surface area contributed by atoms with E-state index in [0.29, 0.717) is 6.42 Å². The lowest BCUT2D eigenvalue weighted by Crippen LogP contribution is -2.37. The lowest BCUT2D eigenvalue weighted by Gasteiger charge is -2.06. The third kappa shape index (κ3) is 16.6. The van der Waals surface area contributed by atoms with Crippen LogP contribution in [-0.2, 0) is 19.2 Å². The predicted molar refractivity (Wildman–Crippen MR) is 86.6 cm³/mol. The minimum Gasteiger partial charge on any atom is -0.480 e. The van der Waals surface area contributed by atoms with Gasteiger partial charge < -0.3 is 15.3 Å². The van der Waals surface area contributed by atoms with E-state index in [0.717, 1.165) is 19.3 Å². The van der Waals surface area contributed by atoms with Gasteiger partial charge in [-0.2, -0.15) is 0 Å². The molecule has 0 heterocycles. The van der Waals surface area contributed by atoms with Crippen LogP contribution in [-0.4, -0.2) is 36.0 Å². The summed E-state index contributed by atoms with van der Waals surface area (Å²) in [6, 6.07) is 0. The molecule has 7 nitrogen and oxygen atoms in total. The number of hydrogen-bond donors (Lipinski definition) is 3. The fraction of sp³-hybridized carbons (Fsp3) is 0.812. The monoisotopic (exact) mass is 330 g/mol. The quantitative estimate of drug-likeness (QED) is 0.314. The fourth-order valence-electron chi connectivity index (χ4n) is 2.05. The van der Waals surface area contributed by atoms with E-state index in [1.807, 2.05) is 0 Å². The van der Waals surface area contributed by atoms with Gasteiger partial charge in [-0.05, 0) is 6.42 Å². The molecule has 0 bridgehead atoms. The first kappa shape index (κ1) is 21.4. The van der Waals surface area contributed by atoms with E-state index in [9.17, 15) is 14.4 Å². The molecule has 0 aromatic rings. The average molecular weight is 330 g/mol. The summed E-state index contributed by atoms with van der Waals surface area (Å²) in [5.74, 6) is -2.07. The first-order chi connectivity index (χ1) is 11.1. The number of carboxylic acid groups (broad SMARTS) is 1. The zero-order valence-electron chi connectivity index (χ0n) is 14.1. The standard InChI is InChI=1S/C16H30N2O5/c1-2-3-4-5-6-7-8-9-10-11-16(22)23-18-12-14(19)17-13-15(20)21/h18H,2-13H2,1H3,(H,17,19)(H,20,21). The second-order valence-corrected chi connectivity index (χ2v) is 5.54. The Bertz CT molecular complexity index is 347. The smallest absolute Gasteiger partial charge is 0.324 e. The molecule has 0 atom stereocenters. The lowest BCUT2D eigenvalue weighted by molar-refractivity contribution is -0.152. The van der Waals surface area contributed by atoms with E-state index in [1.54, 1.807) is 0 Å². The zero-order chi connectivity index (χ0) is 17.3. The van der Waals surface area contributed by atoms with Gasteiger partial charge >= 0.3 is 11.9 Å². The first-order valence-corrected chi connectivity index (χ1v) is 8.47. The Hall–Kier alpha value is -1.63. The van der Waals surface area contributed by atoms with Gasteiger partial charge in [0.25, 0.3) is 0 Å². The second-order valence-electron chi connectivity index (χ2n) is 5.54. The first-order valence-electron chi connectivity index (χ1n) is 8.47. The molecule has 0 unspecified atom stereocenters. The molecule has 23 heavy (non-hydrogen) atoms. The summed E-state index contributed by atoms with van der Waals surface area (Å²) < 4.78 is 0. The molecule has 0 spiro atoms. The van der Waals surface area contributed by atoms with Crippen molar-refractivity contribution in [1.29, 1.82) is 0 Å². The third-order valence-electron chi connectivity index (χ3n) is 3.34. The molecule has 7 heteroatoms. The zero-order valence-corrected chi connectivity index (χ0v) is 14.1. The Labute approximate surface area is 138 Å². The molecule has 0 saturated heterocycles. The van der Waals surface area contributed by atoms with Crippen molar-refractivity contribution in [3.05, 3.63) is 0 Å². The SMILES string of the molecule is CCCCCCCCCCCC(=O)ONCC(=O)NCC(=O)O. The molecule has 0 saturated carbocycles. The van der Waals surface area contributed by atoms with E-state index in [1.165, 1.54) is 38.5 Å². The molecule has 0 aliphatic carbocycles.